The fraction of sp³-hybridized carbons (Fsp3) is 0.211. The van der Waals surface area contributed by atoms with E-state index in [0.29, 0.717) is 11.4 Å². The molecule has 1 aromatic heterocycles. The Morgan fingerprint density at radius 2 is 2.04 bits per heavy atom. The van der Waals surface area contributed by atoms with Gasteiger partial charge in [-0.15, -0.1) is 5.10 Å². The van der Waals surface area contributed by atoms with Crippen LogP contribution < -0.4 is 10.1 Å². The van der Waals surface area contributed by atoms with E-state index in [4.69, 9.17) is 4.74 Å². The maximum absolute atomic E-state index is 12.3. The molecule has 3 aromatic rings. The molecule has 0 spiro atoms. The number of carbonyl (C=O) groups is 1. The Hall–Kier alpha value is -2.71. The zero-order valence-electron chi connectivity index (χ0n) is 14.9. The molecule has 0 unspecified atom stereocenters. The number of amides is 1. The number of methoxy groups -OCH3 is 1. The molecule has 0 bridgehead atoms. The highest BCUT2D eigenvalue weighted by Crippen LogP contribution is 2.21. The molecule has 0 saturated heterocycles. The van der Waals surface area contributed by atoms with Gasteiger partial charge in [-0.25, -0.2) is 9.67 Å². The molecule has 3 rings (SSSR count). The van der Waals surface area contributed by atoms with Crippen LogP contribution in [0.25, 0.3) is 0 Å². The molecule has 0 aliphatic heterocycles. The van der Waals surface area contributed by atoms with Crippen molar-refractivity contribution in [1.29, 1.82) is 0 Å². The summed E-state index contributed by atoms with van der Waals surface area (Å²) in [6, 6.07) is 12.6. The minimum atomic E-state index is -0.775. The summed E-state index contributed by atoms with van der Waals surface area (Å²) >= 11 is 3.42. The largest absolute Gasteiger partial charge is 0.497 e. The van der Waals surface area contributed by atoms with Crippen molar-refractivity contribution in [2.45, 2.75) is 19.6 Å². The quantitative estimate of drug-likeness (QED) is 0.625. The second-order valence-corrected chi connectivity index (χ2v) is 6.85. The lowest BCUT2D eigenvalue weighted by molar-refractivity contribution is 0.101. The van der Waals surface area contributed by atoms with Gasteiger partial charge in [0.2, 0.25) is 5.82 Å². The first-order valence-corrected chi connectivity index (χ1v) is 9.04. The van der Waals surface area contributed by atoms with E-state index in [9.17, 15) is 9.90 Å². The number of anilines is 1. The van der Waals surface area contributed by atoms with Crippen LogP contribution in [-0.2, 0) is 6.54 Å². The van der Waals surface area contributed by atoms with Gasteiger partial charge in [0.15, 0.2) is 0 Å². The molecule has 7 nitrogen and oxygen atoms in total. The summed E-state index contributed by atoms with van der Waals surface area (Å²) in [5.41, 5.74) is 2.40. The van der Waals surface area contributed by atoms with Crippen LogP contribution in [-0.4, -0.2) is 32.9 Å². The number of ether oxygens (including phenoxy) is 1. The Morgan fingerprint density at radius 1 is 1.30 bits per heavy atom. The molecule has 2 N–H and O–H groups in total. The van der Waals surface area contributed by atoms with Crippen molar-refractivity contribution in [3.63, 3.8) is 0 Å². The number of halogens is 1. The van der Waals surface area contributed by atoms with Crippen LogP contribution in [0.4, 0.5) is 5.69 Å². The molecule has 8 heteroatoms. The highest BCUT2D eigenvalue weighted by Gasteiger charge is 2.15. The molecule has 1 atom stereocenters. The number of nitrogens with zero attached hydrogens (tertiary/aromatic N) is 3. The fourth-order valence-corrected chi connectivity index (χ4v) is 2.75. The van der Waals surface area contributed by atoms with E-state index in [-0.39, 0.29) is 12.4 Å². The number of aryl methyl sites for hydroxylation is 1. The topological polar surface area (TPSA) is 89.3 Å². The number of aromatic nitrogens is 3. The molecule has 2 aromatic carbocycles. The molecule has 27 heavy (non-hydrogen) atoms. The van der Waals surface area contributed by atoms with Gasteiger partial charge in [-0.2, -0.15) is 0 Å². The van der Waals surface area contributed by atoms with Crippen molar-refractivity contribution in [3.05, 3.63) is 70.2 Å². The predicted molar refractivity (Wildman–Crippen MR) is 105 cm³/mol. The van der Waals surface area contributed by atoms with Crippen LogP contribution in [0.15, 0.2) is 53.3 Å². The van der Waals surface area contributed by atoms with Crippen molar-refractivity contribution in [1.82, 2.24) is 14.8 Å². The van der Waals surface area contributed by atoms with Gasteiger partial charge in [0, 0.05) is 10.2 Å². The Kier molecular flexibility index (Phi) is 5.88. The van der Waals surface area contributed by atoms with E-state index in [2.05, 4.69) is 31.3 Å². The number of nitrogens with one attached hydrogen (secondary N) is 1. The number of carbonyl (C=O) groups excluding carboxylic acids is 1. The normalized spacial score (nSPS) is 11.9. The average molecular weight is 431 g/mol. The maximum atomic E-state index is 12.3. The summed E-state index contributed by atoms with van der Waals surface area (Å²) < 4.78 is 7.51. The first-order chi connectivity index (χ1) is 13.0. The standard InChI is InChI=1S/C19H19BrN4O3/c1-12-9-14(5-8-16(12)20)22-19(26)18-21-11-24(23-18)10-17(25)13-3-6-15(27-2)7-4-13/h3-9,11,17,25H,10H2,1-2H3,(H,22,26)/t17-/m0/s1. The second kappa shape index (κ2) is 8.32. The monoisotopic (exact) mass is 430 g/mol. The number of benzene rings is 2. The summed E-state index contributed by atoms with van der Waals surface area (Å²) in [4.78, 5) is 16.3. The zero-order chi connectivity index (χ0) is 19.4. The maximum Gasteiger partial charge on any atom is 0.295 e. The van der Waals surface area contributed by atoms with Crippen molar-refractivity contribution >= 4 is 27.5 Å². The lowest BCUT2D eigenvalue weighted by Crippen LogP contribution is -2.15. The lowest BCUT2D eigenvalue weighted by atomic mass is 10.1. The van der Waals surface area contributed by atoms with E-state index in [1.54, 1.807) is 37.4 Å². The van der Waals surface area contributed by atoms with Gasteiger partial charge in [0.1, 0.15) is 12.1 Å². The predicted octanol–water partition coefficient (Wildman–Crippen LogP) is 3.34. The Bertz CT molecular complexity index is 940. The summed E-state index contributed by atoms with van der Waals surface area (Å²) in [5, 5.41) is 17.3. The van der Waals surface area contributed by atoms with Crippen LogP contribution in [0.3, 0.4) is 0 Å². The van der Waals surface area contributed by atoms with Gasteiger partial charge in [-0.3, -0.25) is 4.79 Å². The third-order valence-electron chi connectivity index (χ3n) is 4.02. The number of hydrogen-bond donors (Lipinski definition) is 2. The van der Waals surface area contributed by atoms with Gasteiger partial charge in [0.05, 0.1) is 19.8 Å². The first-order valence-electron chi connectivity index (χ1n) is 8.25. The van der Waals surface area contributed by atoms with Crippen LogP contribution in [0, 0.1) is 6.92 Å². The van der Waals surface area contributed by atoms with Crippen molar-refractivity contribution in [2.75, 3.05) is 12.4 Å². The van der Waals surface area contributed by atoms with E-state index in [1.165, 1.54) is 11.0 Å². The van der Waals surface area contributed by atoms with Gasteiger partial charge in [-0.1, -0.05) is 28.1 Å². The van der Waals surface area contributed by atoms with Gasteiger partial charge in [0.25, 0.3) is 5.91 Å². The molecule has 0 radical (unpaired) electrons. The smallest absolute Gasteiger partial charge is 0.295 e. The SMILES string of the molecule is COc1ccc([C@@H](O)Cn2cnc(C(=O)Nc3ccc(Br)c(C)c3)n2)cc1. The number of hydrogen-bond acceptors (Lipinski definition) is 5. The lowest BCUT2D eigenvalue weighted by Gasteiger charge is -2.11. The molecule has 0 saturated carbocycles. The molecule has 140 valence electrons. The van der Waals surface area contributed by atoms with E-state index >= 15 is 0 Å². The second-order valence-electron chi connectivity index (χ2n) is 6.00. The van der Waals surface area contributed by atoms with Crippen LogP contribution in [0.2, 0.25) is 0 Å². The highest BCUT2D eigenvalue weighted by atomic mass is 79.9. The summed E-state index contributed by atoms with van der Waals surface area (Å²) in [6.07, 6.45) is 0.650. The molecule has 1 heterocycles. The van der Waals surface area contributed by atoms with E-state index in [0.717, 1.165) is 15.6 Å². The minimum Gasteiger partial charge on any atom is -0.497 e. The fourth-order valence-electron chi connectivity index (χ4n) is 2.50. The molecule has 0 aliphatic carbocycles. The Labute approximate surface area is 165 Å². The minimum absolute atomic E-state index is 0.0394. The zero-order valence-corrected chi connectivity index (χ0v) is 16.5. The summed E-state index contributed by atoms with van der Waals surface area (Å²) in [5.74, 6) is 0.348. The van der Waals surface area contributed by atoms with Crippen LogP contribution in [0.5, 0.6) is 5.75 Å². The number of rotatable bonds is 6. The first kappa shape index (κ1) is 19.1. The van der Waals surface area contributed by atoms with Gasteiger partial charge >= 0.3 is 0 Å². The van der Waals surface area contributed by atoms with Crippen LogP contribution >= 0.6 is 15.9 Å². The third-order valence-corrected chi connectivity index (χ3v) is 4.91. The molecular weight excluding hydrogens is 412 g/mol. The van der Waals surface area contributed by atoms with Crippen molar-refractivity contribution in [2.24, 2.45) is 0 Å². The average Bonchev–Trinajstić information content (AvgIpc) is 3.13. The highest BCUT2D eigenvalue weighted by molar-refractivity contribution is 9.10. The third kappa shape index (κ3) is 4.72. The van der Waals surface area contributed by atoms with Crippen molar-refractivity contribution in [3.8, 4) is 5.75 Å². The molecule has 0 fully saturated rings. The van der Waals surface area contributed by atoms with Crippen LogP contribution in [0.1, 0.15) is 27.8 Å². The van der Waals surface area contributed by atoms with E-state index < -0.39 is 12.0 Å². The summed E-state index contributed by atoms with van der Waals surface area (Å²) in [7, 11) is 1.59. The van der Waals surface area contributed by atoms with E-state index in [1.807, 2.05) is 19.1 Å². The number of aliphatic hydroxyl groups is 1. The molecule has 0 aliphatic rings. The van der Waals surface area contributed by atoms with Crippen molar-refractivity contribution < 1.29 is 14.6 Å². The van der Waals surface area contributed by atoms with Gasteiger partial charge in [-0.05, 0) is 48.4 Å². The molecular formula is C19H19BrN4O3. The van der Waals surface area contributed by atoms with Gasteiger partial charge < -0.3 is 15.2 Å². The summed E-state index contributed by atoms with van der Waals surface area (Å²) in [6.45, 7) is 2.12. The number of aliphatic hydroxyl groups excluding tert-OH is 1. The Balaban J connectivity index is 1.64. The Morgan fingerprint density at radius 3 is 2.70 bits per heavy atom. The molecule has 1 amide bonds.